The normalized spacial score (nSPS) is 14.1. The Kier molecular flexibility index (Phi) is 7.53. The van der Waals surface area contributed by atoms with Crippen molar-refractivity contribution in [2.75, 3.05) is 7.11 Å². The van der Waals surface area contributed by atoms with E-state index in [0.29, 0.717) is 5.92 Å². The van der Waals surface area contributed by atoms with Crippen LogP contribution in [0.1, 0.15) is 57.9 Å². The van der Waals surface area contributed by atoms with Gasteiger partial charge in [-0.2, -0.15) is 4.89 Å². The van der Waals surface area contributed by atoms with Crippen molar-refractivity contribution < 1.29 is 14.5 Å². The molecule has 0 bridgehead atoms. The summed E-state index contributed by atoms with van der Waals surface area (Å²) in [4.78, 5) is 9.85. The molecule has 0 saturated carbocycles. The Balaban J connectivity index is 2.58. The minimum atomic E-state index is -0.334. The van der Waals surface area contributed by atoms with Crippen molar-refractivity contribution in [3.05, 3.63) is 29.8 Å². The molecular weight excluding hydrogens is 240 g/mol. The smallest absolute Gasteiger partial charge is 0.231 e. The van der Waals surface area contributed by atoms with Gasteiger partial charge in [-0.05, 0) is 36.5 Å². The molecule has 0 aliphatic carbocycles. The summed E-state index contributed by atoms with van der Waals surface area (Å²) in [6, 6.07) is 8.24. The van der Waals surface area contributed by atoms with E-state index in [1.54, 1.807) is 0 Å². The van der Waals surface area contributed by atoms with Gasteiger partial charge in [0.2, 0.25) is 6.29 Å². The Morgan fingerprint density at radius 1 is 1.11 bits per heavy atom. The zero-order valence-electron chi connectivity index (χ0n) is 12.5. The summed E-state index contributed by atoms with van der Waals surface area (Å²) < 4.78 is 5.78. The minimum Gasteiger partial charge on any atom is -0.462 e. The zero-order chi connectivity index (χ0) is 14.1. The molecule has 3 heteroatoms. The van der Waals surface area contributed by atoms with Crippen LogP contribution in [0.15, 0.2) is 24.3 Å². The number of hydrogen-bond acceptors (Lipinski definition) is 3. The second-order valence-electron chi connectivity index (χ2n) is 4.83. The van der Waals surface area contributed by atoms with E-state index in [0.717, 1.165) is 31.4 Å². The van der Waals surface area contributed by atoms with Crippen LogP contribution >= 0.6 is 0 Å². The van der Waals surface area contributed by atoms with Gasteiger partial charge < -0.3 is 4.74 Å². The van der Waals surface area contributed by atoms with Crippen molar-refractivity contribution in [2.24, 2.45) is 0 Å². The minimum absolute atomic E-state index is 0.334. The lowest BCUT2D eigenvalue weighted by Gasteiger charge is -2.18. The third-order valence-corrected chi connectivity index (χ3v) is 3.33. The van der Waals surface area contributed by atoms with Gasteiger partial charge in [0.25, 0.3) is 0 Å². The van der Waals surface area contributed by atoms with Crippen molar-refractivity contribution in [1.82, 2.24) is 0 Å². The molecule has 1 rings (SSSR count). The molecule has 0 radical (unpaired) electrons. The van der Waals surface area contributed by atoms with Gasteiger partial charge in [0.1, 0.15) is 5.75 Å². The third-order valence-electron chi connectivity index (χ3n) is 3.33. The highest BCUT2D eigenvalue weighted by Gasteiger charge is 2.11. The molecule has 108 valence electrons. The van der Waals surface area contributed by atoms with Gasteiger partial charge >= 0.3 is 0 Å². The highest BCUT2D eigenvalue weighted by Crippen LogP contribution is 2.22. The van der Waals surface area contributed by atoms with Crippen molar-refractivity contribution in [3.63, 3.8) is 0 Å². The highest BCUT2D eigenvalue weighted by molar-refractivity contribution is 5.29. The van der Waals surface area contributed by atoms with Crippen molar-refractivity contribution in [2.45, 2.75) is 58.7 Å². The summed E-state index contributed by atoms with van der Waals surface area (Å²) in [6.07, 6.45) is 3.81. The number of hydrogen-bond donors (Lipinski definition) is 0. The van der Waals surface area contributed by atoms with Gasteiger partial charge in [0.05, 0.1) is 7.11 Å². The summed E-state index contributed by atoms with van der Waals surface area (Å²) in [6.45, 7) is 6.57. The Bertz CT molecular complexity index is 334. The molecule has 0 aromatic heterocycles. The summed E-state index contributed by atoms with van der Waals surface area (Å²) in [5, 5.41) is 0. The molecule has 0 saturated heterocycles. The van der Waals surface area contributed by atoms with Crippen LogP contribution in [0, 0.1) is 0 Å². The van der Waals surface area contributed by atoms with E-state index in [1.807, 2.05) is 12.1 Å². The van der Waals surface area contributed by atoms with Crippen LogP contribution in [-0.4, -0.2) is 13.4 Å². The molecule has 0 amide bonds. The fraction of sp³-hybridized carbons (Fsp3) is 0.625. The van der Waals surface area contributed by atoms with E-state index in [4.69, 9.17) is 14.5 Å². The van der Waals surface area contributed by atoms with Crippen molar-refractivity contribution in [3.8, 4) is 5.75 Å². The van der Waals surface area contributed by atoms with Crippen LogP contribution in [-0.2, 0) is 9.78 Å². The molecule has 0 N–H and O–H groups in total. The van der Waals surface area contributed by atoms with Crippen LogP contribution in [0.2, 0.25) is 0 Å². The molecule has 0 aliphatic rings. The topological polar surface area (TPSA) is 27.7 Å². The van der Waals surface area contributed by atoms with Crippen molar-refractivity contribution >= 4 is 0 Å². The Labute approximate surface area is 116 Å². The molecule has 3 nitrogen and oxygen atoms in total. The largest absolute Gasteiger partial charge is 0.462 e. The van der Waals surface area contributed by atoms with E-state index < -0.39 is 0 Å². The second-order valence-corrected chi connectivity index (χ2v) is 4.83. The quantitative estimate of drug-likeness (QED) is 0.369. The van der Waals surface area contributed by atoms with E-state index in [2.05, 4.69) is 32.9 Å². The summed E-state index contributed by atoms with van der Waals surface area (Å²) in [5.74, 6) is 1.41. The Morgan fingerprint density at radius 3 is 2.32 bits per heavy atom. The van der Waals surface area contributed by atoms with E-state index in [-0.39, 0.29) is 6.29 Å². The number of unbranched alkanes of at least 4 members (excludes halogenated alkanes) is 1. The predicted octanol–water partition coefficient (Wildman–Crippen LogP) is 4.67. The van der Waals surface area contributed by atoms with Crippen LogP contribution in [0.5, 0.6) is 5.75 Å². The van der Waals surface area contributed by atoms with Gasteiger partial charge in [0, 0.05) is 6.42 Å². The first-order chi connectivity index (χ1) is 9.21. The monoisotopic (exact) mass is 266 g/mol. The number of ether oxygens (including phenoxy) is 1. The first-order valence-electron chi connectivity index (χ1n) is 7.17. The predicted molar refractivity (Wildman–Crippen MR) is 77.2 cm³/mol. The van der Waals surface area contributed by atoms with Crippen LogP contribution in [0.4, 0.5) is 0 Å². The molecule has 0 spiro atoms. The van der Waals surface area contributed by atoms with Gasteiger partial charge in [-0.3, -0.25) is 0 Å². The van der Waals surface area contributed by atoms with E-state index in [9.17, 15) is 0 Å². The SMILES string of the molecule is CCCCC(OOC)Oc1ccc(C(C)CC)cc1. The molecule has 1 aromatic rings. The third kappa shape index (κ3) is 5.62. The molecule has 19 heavy (non-hydrogen) atoms. The van der Waals surface area contributed by atoms with E-state index in [1.165, 1.54) is 12.7 Å². The lowest BCUT2D eigenvalue weighted by molar-refractivity contribution is -0.347. The zero-order valence-corrected chi connectivity index (χ0v) is 12.5. The van der Waals surface area contributed by atoms with Gasteiger partial charge in [-0.15, -0.1) is 0 Å². The molecule has 0 heterocycles. The standard InChI is InChI=1S/C16H26O3/c1-5-7-8-16(19-17-4)18-15-11-9-14(10-12-15)13(3)6-2/h9-13,16H,5-8H2,1-4H3. The molecule has 0 aliphatic heterocycles. The summed E-state index contributed by atoms with van der Waals surface area (Å²) in [7, 11) is 1.51. The van der Waals surface area contributed by atoms with Gasteiger partial charge in [0.15, 0.2) is 0 Å². The van der Waals surface area contributed by atoms with Gasteiger partial charge in [-0.25, -0.2) is 4.89 Å². The first-order valence-corrected chi connectivity index (χ1v) is 7.17. The fourth-order valence-electron chi connectivity index (χ4n) is 1.87. The lowest BCUT2D eigenvalue weighted by atomic mass is 9.99. The lowest BCUT2D eigenvalue weighted by Crippen LogP contribution is -2.20. The van der Waals surface area contributed by atoms with Crippen molar-refractivity contribution in [1.29, 1.82) is 0 Å². The molecule has 0 fully saturated rings. The maximum Gasteiger partial charge on any atom is 0.231 e. The van der Waals surface area contributed by atoms with Crippen LogP contribution in [0.25, 0.3) is 0 Å². The van der Waals surface area contributed by atoms with Crippen LogP contribution in [0.3, 0.4) is 0 Å². The Morgan fingerprint density at radius 2 is 1.79 bits per heavy atom. The summed E-state index contributed by atoms with van der Waals surface area (Å²) in [5.41, 5.74) is 1.34. The fourth-order valence-corrected chi connectivity index (χ4v) is 1.87. The molecular formula is C16H26O3. The maximum atomic E-state index is 5.78. The maximum absolute atomic E-state index is 5.78. The second kappa shape index (κ2) is 8.94. The average molecular weight is 266 g/mol. The Hall–Kier alpha value is -1.06. The van der Waals surface area contributed by atoms with Crippen LogP contribution < -0.4 is 4.74 Å². The van der Waals surface area contributed by atoms with Gasteiger partial charge in [-0.1, -0.05) is 39.3 Å². The average Bonchev–Trinajstić information content (AvgIpc) is 2.45. The highest BCUT2D eigenvalue weighted by atomic mass is 17.2. The summed E-state index contributed by atoms with van der Waals surface area (Å²) >= 11 is 0. The molecule has 2 unspecified atom stereocenters. The number of rotatable bonds is 9. The first kappa shape index (κ1) is 16.0. The molecule has 2 atom stereocenters. The van der Waals surface area contributed by atoms with E-state index >= 15 is 0 Å². The number of benzene rings is 1. The molecule has 1 aromatic carbocycles.